The Bertz CT molecular complexity index is 544. The first-order valence-corrected chi connectivity index (χ1v) is 8.20. The monoisotopic (exact) mass is 305 g/mol. The van der Waals surface area contributed by atoms with Crippen molar-refractivity contribution in [1.82, 2.24) is 20.2 Å². The van der Waals surface area contributed by atoms with Crippen LogP contribution in [-0.2, 0) is 19.5 Å². The van der Waals surface area contributed by atoms with Gasteiger partial charge in [-0.1, -0.05) is 6.92 Å². The summed E-state index contributed by atoms with van der Waals surface area (Å²) in [6.07, 6.45) is 7.11. The van der Waals surface area contributed by atoms with Gasteiger partial charge in [-0.15, -0.1) is 11.3 Å². The molecule has 2 rings (SSSR count). The number of hydrogen-bond donors (Lipinski definition) is 2. The molecule has 0 amide bonds. The highest BCUT2D eigenvalue weighted by Crippen LogP contribution is 2.13. The largest absolute Gasteiger partial charge is 0.357 e. The van der Waals surface area contributed by atoms with Crippen molar-refractivity contribution >= 4 is 17.3 Å². The van der Waals surface area contributed by atoms with Crippen molar-refractivity contribution in [2.45, 2.75) is 33.4 Å². The maximum atomic E-state index is 4.58. The third-order valence-electron chi connectivity index (χ3n) is 3.00. The summed E-state index contributed by atoms with van der Waals surface area (Å²) in [7, 11) is 0. The zero-order valence-electron chi connectivity index (χ0n) is 12.7. The van der Waals surface area contributed by atoms with Crippen LogP contribution in [0.4, 0.5) is 0 Å². The zero-order valence-corrected chi connectivity index (χ0v) is 13.5. The summed E-state index contributed by atoms with van der Waals surface area (Å²) in [5, 5.41) is 7.67. The number of nitrogens with zero attached hydrogens (tertiary/aromatic N) is 3. The summed E-state index contributed by atoms with van der Waals surface area (Å²) in [6, 6.07) is 4.07. The van der Waals surface area contributed by atoms with Crippen LogP contribution in [0.3, 0.4) is 0 Å². The number of aryl methyl sites for hydroxylation is 1. The van der Waals surface area contributed by atoms with Crippen molar-refractivity contribution in [2.24, 2.45) is 4.99 Å². The SMILES string of the molecule is CCNC(=NCc1ncc(CC)s1)NCCn1cccc1. The molecular formula is C15H23N5S. The second-order valence-corrected chi connectivity index (χ2v) is 5.82. The minimum absolute atomic E-state index is 0.628. The molecule has 21 heavy (non-hydrogen) atoms. The summed E-state index contributed by atoms with van der Waals surface area (Å²) in [5.74, 6) is 0.845. The van der Waals surface area contributed by atoms with Crippen LogP contribution in [0.25, 0.3) is 0 Å². The number of thiazole rings is 1. The molecule has 5 nitrogen and oxygen atoms in total. The Labute approximate surface area is 130 Å². The smallest absolute Gasteiger partial charge is 0.191 e. The molecule has 2 aromatic rings. The number of guanidine groups is 1. The third kappa shape index (κ3) is 5.23. The third-order valence-corrected chi connectivity index (χ3v) is 4.12. The predicted octanol–water partition coefficient (Wildman–Crippen LogP) is 2.26. The molecule has 0 atom stereocenters. The van der Waals surface area contributed by atoms with Crippen molar-refractivity contribution in [2.75, 3.05) is 13.1 Å². The fraction of sp³-hybridized carbons (Fsp3) is 0.467. The molecule has 0 aliphatic rings. The second kappa shape index (κ2) is 8.46. The first-order chi connectivity index (χ1) is 10.3. The molecule has 0 aliphatic carbocycles. The van der Waals surface area contributed by atoms with Crippen molar-refractivity contribution in [3.8, 4) is 0 Å². The van der Waals surface area contributed by atoms with Crippen LogP contribution in [0.15, 0.2) is 35.7 Å². The van der Waals surface area contributed by atoms with Gasteiger partial charge in [-0.05, 0) is 25.5 Å². The molecular weight excluding hydrogens is 282 g/mol. The van der Waals surface area contributed by atoms with Crippen LogP contribution in [0.1, 0.15) is 23.7 Å². The number of hydrogen-bond acceptors (Lipinski definition) is 3. The lowest BCUT2D eigenvalue weighted by molar-refractivity contribution is 0.665. The van der Waals surface area contributed by atoms with Gasteiger partial charge < -0.3 is 15.2 Å². The highest BCUT2D eigenvalue weighted by molar-refractivity contribution is 7.11. The molecule has 2 aromatic heterocycles. The Morgan fingerprint density at radius 3 is 2.76 bits per heavy atom. The summed E-state index contributed by atoms with van der Waals surface area (Å²) < 4.78 is 2.14. The summed E-state index contributed by atoms with van der Waals surface area (Å²) in [6.45, 7) is 7.47. The summed E-state index contributed by atoms with van der Waals surface area (Å²) >= 11 is 1.74. The van der Waals surface area contributed by atoms with Gasteiger partial charge in [0.25, 0.3) is 0 Å². The molecule has 0 radical (unpaired) electrons. The Kier molecular flexibility index (Phi) is 6.27. The van der Waals surface area contributed by atoms with Gasteiger partial charge in [-0.3, -0.25) is 0 Å². The van der Waals surface area contributed by atoms with Gasteiger partial charge in [-0.2, -0.15) is 0 Å². The molecule has 6 heteroatoms. The van der Waals surface area contributed by atoms with Crippen molar-refractivity contribution in [3.63, 3.8) is 0 Å². The van der Waals surface area contributed by atoms with Gasteiger partial charge in [0.15, 0.2) is 5.96 Å². The van der Waals surface area contributed by atoms with E-state index in [9.17, 15) is 0 Å². The van der Waals surface area contributed by atoms with E-state index in [1.54, 1.807) is 11.3 Å². The normalized spacial score (nSPS) is 11.6. The lowest BCUT2D eigenvalue weighted by Gasteiger charge is -2.11. The highest BCUT2D eigenvalue weighted by Gasteiger charge is 2.01. The number of nitrogens with one attached hydrogen (secondary N) is 2. The predicted molar refractivity (Wildman–Crippen MR) is 88.7 cm³/mol. The standard InChI is InChI=1S/C15H23N5S/c1-3-13-11-18-14(21-13)12-19-15(16-4-2)17-7-10-20-8-5-6-9-20/h5-6,8-9,11H,3-4,7,10,12H2,1-2H3,(H2,16,17,19). The van der Waals surface area contributed by atoms with E-state index < -0.39 is 0 Å². The Hall–Kier alpha value is -1.82. The van der Waals surface area contributed by atoms with E-state index in [1.165, 1.54) is 4.88 Å². The molecule has 2 N–H and O–H groups in total. The van der Waals surface area contributed by atoms with Crippen molar-refractivity contribution in [1.29, 1.82) is 0 Å². The van der Waals surface area contributed by atoms with Crippen LogP contribution in [0.5, 0.6) is 0 Å². The van der Waals surface area contributed by atoms with E-state index >= 15 is 0 Å². The molecule has 0 unspecified atom stereocenters. The Balaban J connectivity index is 1.83. The fourth-order valence-corrected chi connectivity index (χ4v) is 2.68. The Morgan fingerprint density at radius 1 is 1.29 bits per heavy atom. The molecule has 0 saturated carbocycles. The number of rotatable bonds is 7. The van der Waals surface area contributed by atoms with E-state index in [1.807, 2.05) is 18.3 Å². The molecule has 114 valence electrons. The first-order valence-electron chi connectivity index (χ1n) is 7.38. The van der Waals surface area contributed by atoms with E-state index in [4.69, 9.17) is 0 Å². The van der Waals surface area contributed by atoms with Gasteiger partial charge in [0, 0.05) is 43.1 Å². The molecule has 0 aliphatic heterocycles. The average Bonchev–Trinajstić information content (AvgIpc) is 3.16. The molecule has 0 aromatic carbocycles. The zero-order chi connectivity index (χ0) is 14.9. The lowest BCUT2D eigenvalue weighted by atomic mass is 10.4. The van der Waals surface area contributed by atoms with Crippen LogP contribution < -0.4 is 10.6 Å². The van der Waals surface area contributed by atoms with Crippen LogP contribution in [0, 0.1) is 0 Å². The van der Waals surface area contributed by atoms with Crippen LogP contribution in [-0.4, -0.2) is 28.6 Å². The first kappa shape index (κ1) is 15.6. The van der Waals surface area contributed by atoms with E-state index in [0.717, 1.165) is 37.0 Å². The van der Waals surface area contributed by atoms with Crippen molar-refractivity contribution in [3.05, 3.63) is 40.6 Å². The van der Waals surface area contributed by atoms with Crippen molar-refractivity contribution < 1.29 is 0 Å². The fourth-order valence-electron chi connectivity index (χ4n) is 1.90. The molecule has 0 saturated heterocycles. The summed E-state index contributed by atoms with van der Waals surface area (Å²) in [5.41, 5.74) is 0. The van der Waals surface area contributed by atoms with E-state index in [0.29, 0.717) is 6.54 Å². The lowest BCUT2D eigenvalue weighted by Crippen LogP contribution is -2.38. The number of aromatic nitrogens is 2. The highest BCUT2D eigenvalue weighted by atomic mass is 32.1. The maximum absolute atomic E-state index is 4.58. The van der Waals surface area contributed by atoms with Gasteiger partial charge >= 0.3 is 0 Å². The Morgan fingerprint density at radius 2 is 2.10 bits per heavy atom. The topological polar surface area (TPSA) is 54.2 Å². The van der Waals surface area contributed by atoms with Crippen LogP contribution in [0.2, 0.25) is 0 Å². The molecule has 2 heterocycles. The number of aliphatic imine (C=N–C) groups is 1. The summed E-state index contributed by atoms with van der Waals surface area (Å²) in [4.78, 5) is 10.3. The molecule has 0 fully saturated rings. The van der Waals surface area contributed by atoms with Gasteiger partial charge in [-0.25, -0.2) is 9.98 Å². The average molecular weight is 305 g/mol. The van der Waals surface area contributed by atoms with Gasteiger partial charge in [0.1, 0.15) is 5.01 Å². The van der Waals surface area contributed by atoms with Gasteiger partial charge in [0.05, 0.1) is 6.54 Å². The maximum Gasteiger partial charge on any atom is 0.191 e. The van der Waals surface area contributed by atoms with E-state index in [2.05, 4.69) is 51.4 Å². The van der Waals surface area contributed by atoms with Crippen LogP contribution >= 0.6 is 11.3 Å². The second-order valence-electron chi connectivity index (χ2n) is 4.62. The molecule has 0 spiro atoms. The quantitative estimate of drug-likeness (QED) is 0.609. The van der Waals surface area contributed by atoms with Gasteiger partial charge in [0.2, 0.25) is 0 Å². The minimum Gasteiger partial charge on any atom is -0.357 e. The minimum atomic E-state index is 0.628. The van der Waals surface area contributed by atoms with E-state index in [-0.39, 0.29) is 0 Å². The molecule has 0 bridgehead atoms.